The molecule has 0 spiro atoms. The number of pyridine rings is 1. The van der Waals surface area contributed by atoms with Crippen LogP contribution in [-0.2, 0) is 6.54 Å². The van der Waals surface area contributed by atoms with Gasteiger partial charge in [-0.3, -0.25) is 9.59 Å². The molecule has 0 unspecified atom stereocenters. The predicted octanol–water partition coefficient (Wildman–Crippen LogP) is 3.09. The highest BCUT2D eigenvalue weighted by atomic mass is 16.5. The average Bonchev–Trinajstić information content (AvgIpc) is 3.33. The summed E-state index contributed by atoms with van der Waals surface area (Å²) in [7, 11) is 0. The van der Waals surface area contributed by atoms with E-state index in [2.05, 4.69) is 15.4 Å². The third-order valence-corrected chi connectivity index (χ3v) is 4.52. The first-order chi connectivity index (χ1) is 15.1. The average molecular weight is 413 g/mol. The lowest BCUT2D eigenvalue weighted by Crippen LogP contribution is -2.23. The summed E-state index contributed by atoms with van der Waals surface area (Å²) in [6.45, 7) is 0.312. The number of hydrogen-bond acceptors (Lipinski definition) is 5. The zero-order chi connectivity index (χ0) is 21.6. The van der Waals surface area contributed by atoms with Crippen LogP contribution in [0.25, 0.3) is 5.82 Å². The topological polar surface area (TPSA) is 112 Å². The van der Waals surface area contributed by atoms with Crippen molar-refractivity contribution in [2.24, 2.45) is 5.73 Å². The molecule has 0 fully saturated rings. The highest BCUT2D eigenvalue weighted by Crippen LogP contribution is 2.22. The second-order valence-corrected chi connectivity index (χ2v) is 6.63. The van der Waals surface area contributed by atoms with Crippen LogP contribution in [0, 0.1) is 0 Å². The number of amides is 2. The highest BCUT2D eigenvalue weighted by molar-refractivity contribution is 5.94. The standard InChI is InChI=1S/C23H19N5O3/c24-21(29)16-4-8-19(9-5-16)31-20-10-6-17(7-11-20)23(30)26-15-18-3-1-12-25-22(18)28-14-2-13-27-28/h1-14H,15H2,(H2,24,29)(H,26,30). The third kappa shape index (κ3) is 4.76. The van der Waals surface area contributed by atoms with E-state index in [1.54, 1.807) is 71.8 Å². The van der Waals surface area contributed by atoms with Crippen LogP contribution < -0.4 is 15.8 Å². The summed E-state index contributed by atoms with van der Waals surface area (Å²) in [5.74, 6) is 1.08. The summed E-state index contributed by atoms with van der Waals surface area (Å²) in [6.07, 6.45) is 5.16. The molecule has 2 heterocycles. The molecule has 0 saturated heterocycles. The Morgan fingerprint density at radius 1 is 0.903 bits per heavy atom. The molecule has 2 amide bonds. The fourth-order valence-electron chi connectivity index (χ4n) is 2.94. The van der Waals surface area contributed by atoms with Gasteiger partial charge in [-0.25, -0.2) is 9.67 Å². The predicted molar refractivity (Wildman–Crippen MR) is 114 cm³/mol. The van der Waals surface area contributed by atoms with E-state index in [1.165, 1.54) is 0 Å². The van der Waals surface area contributed by atoms with E-state index in [0.29, 0.717) is 35.0 Å². The normalized spacial score (nSPS) is 10.5. The van der Waals surface area contributed by atoms with Crippen molar-refractivity contribution >= 4 is 11.8 Å². The summed E-state index contributed by atoms with van der Waals surface area (Å²) in [5, 5.41) is 7.09. The Bertz CT molecular complexity index is 1190. The Morgan fingerprint density at radius 3 is 2.19 bits per heavy atom. The molecule has 0 aliphatic carbocycles. The van der Waals surface area contributed by atoms with Crippen molar-refractivity contribution in [3.8, 4) is 17.3 Å². The molecule has 154 valence electrons. The number of aromatic nitrogens is 3. The van der Waals surface area contributed by atoms with Gasteiger partial charge < -0.3 is 15.8 Å². The number of ether oxygens (including phenoxy) is 1. The summed E-state index contributed by atoms with van der Waals surface area (Å²) in [4.78, 5) is 28.0. The summed E-state index contributed by atoms with van der Waals surface area (Å²) in [6, 6.07) is 18.8. The molecule has 4 rings (SSSR count). The van der Waals surface area contributed by atoms with Gasteiger partial charge in [-0.05, 0) is 60.7 Å². The van der Waals surface area contributed by atoms with Crippen molar-refractivity contribution in [3.05, 3.63) is 102 Å². The van der Waals surface area contributed by atoms with Gasteiger partial charge in [0, 0.05) is 41.8 Å². The minimum absolute atomic E-state index is 0.215. The molecule has 0 atom stereocenters. The molecule has 2 aromatic carbocycles. The maximum absolute atomic E-state index is 12.5. The van der Waals surface area contributed by atoms with Gasteiger partial charge in [0.2, 0.25) is 5.91 Å². The van der Waals surface area contributed by atoms with E-state index in [0.717, 1.165) is 5.56 Å². The molecule has 8 nitrogen and oxygen atoms in total. The van der Waals surface area contributed by atoms with Gasteiger partial charge >= 0.3 is 0 Å². The van der Waals surface area contributed by atoms with Crippen molar-refractivity contribution in [1.29, 1.82) is 0 Å². The number of primary amides is 1. The Balaban J connectivity index is 1.38. The van der Waals surface area contributed by atoms with Crippen LogP contribution in [0.4, 0.5) is 0 Å². The molecule has 31 heavy (non-hydrogen) atoms. The monoisotopic (exact) mass is 413 g/mol. The SMILES string of the molecule is NC(=O)c1ccc(Oc2ccc(C(=O)NCc3cccnc3-n3cccn3)cc2)cc1. The Labute approximate surface area is 178 Å². The third-order valence-electron chi connectivity index (χ3n) is 4.52. The maximum Gasteiger partial charge on any atom is 0.251 e. The lowest BCUT2D eigenvalue weighted by atomic mass is 10.2. The molecule has 4 aromatic rings. The molecule has 2 aromatic heterocycles. The van der Waals surface area contributed by atoms with E-state index in [9.17, 15) is 9.59 Å². The second kappa shape index (κ2) is 8.91. The summed E-state index contributed by atoms with van der Waals surface area (Å²) >= 11 is 0. The molecular formula is C23H19N5O3. The number of carbonyl (C=O) groups is 2. The first-order valence-corrected chi connectivity index (χ1v) is 9.50. The van der Waals surface area contributed by atoms with Crippen molar-refractivity contribution in [2.75, 3.05) is 0 Å². The largest absolute Gasteiger partial charge is 0.457 e. The smallest absolute Gasteiger partial charge is 0.251 e. The molecule has 8 heteroatoms. The molecule has 0 bridgehead atoms. The minimum Gasteiger partial charge on any atom is -0.457 e. The zero-order valence-corrected chi connectivity index (χ0v) is 16.4. The lowest BCUT2D eigenvalue weighted by Gasteiger charge is -2.10. The van der Waals surface area contributed by atoms with Crippen LogP contribution in [0.1, 0.15) is 26.3 Å². The second-order valence-electron chi connectivity index (χ2n) is 6.63. The number of rotatable bonds is 7. The van der Waals surface area contributed by atoms with Crippen LogP contribution in [0.5, 0.6) is 11.5 Å². The Kier molecular flexibility index (Phi) is 5.70. The number of hydrogen-bond donors (Lipinski definition) is 2. The van der Waals surface area contributed by atoms with Crippen molar-refractivity contribution < 1.29 is 14.3 Å². The van der Waals surface area contributed by atoms with Gasteiger partial charge in [0.1, 0.15) is 11.5 Å². The van der Waals surface area contributed by atoms with E-state index in [4.69, 9.17) is 10.5 Å². The fourth-order valence-corrected chi connectivity index (χ4v) is 2.94. The van der Waals surface area contributed by atoms with E-state index >= 15 is 0 Å². The number of nitrogens with one attached hydrogen (secondary N) is 1. The molecular weight excluding hydrogens is 394 g/mol. The molecule has 0 radical (unpaired) electrons. The van der Waals surface area contributed by atoms with Gasteiger partial charge in [-0.1, -0.05) is 6.07 Å². The van der Waals surface area contributed by atoms with Crippen LogP contribution in [-0.4, -0.2) is 26.6 Å². The van der Waals surface area contributed by atoms with Crippen LogP contribution in [0.3, 0.4) is 0 Å². The summed E-state index contributed by atoms with van der Waals surface area (Å²) < 4.78 is 7.39. The quantitative estimate of drug-likeness (QED) is 0.484. The van der Waals surface area contributed by atoms with Crippen LogP contribution >= 0.6 is 0 Å². The van der Waals surface area contributed by atoms with Gasteiger partial charge in [-0.2, -0.15) is 5.10 Å². The van der Waals surface area contributed by atoms with Gasteiger partial charge in [-0.15, -0.1) is 0 Å². The molecule has 0 aliphatic heterocycles. The van der Waals surface area contributed by atoms with Gasteiger partial charge in [0.15, 0.2) is 5.82 Å². The summed E-state index contributed by atoms with van der Waals surface area (Å²) in [5.41, 5.74) is 6.98. The van der Waals surface area contributed by atoms with E-state index in [1.807, 2.05) is 18.2 Å². The van der Waals surface area contributed by atoms with Gasteiger partial charge in [0.25, 0.3) is 5.91 Å². The number of carbonyl (C=O) groups excluding carboxylic acids is 2. The maximum atomic E-state index is 12.5. The number of nitrogens with zero attached hydrogens (tertiary/aromatic N) is 3. The number of nitrogens with two attached hydrogens (primary N) is 1. The van der Waals surface area contributed by atoms with Crippen molar-refractivity contribution in [3.63, 3.8) is 0 Å². The fraction of sp³-hybridized carbons (Fsp3) is 0.0435. The van der Waals surface area contributed by atoms with E-state index in [-0.39, 0.29) is 5.91 Å². The van der Waals surface area contributed by atoms with Crippen molar-refractivity contribution in [2.45, 2.75) is 6.54 Å². The zero-order valence-electron chi connectivity index (χ0n) is 16.4. The van der Waals surface area contributed by atoms with Crippen LogP contribution in [0.15, 0.2) is 85.3 Å². The molecule has 3 N–H and O–H groups in total. The van der Waals surface area contributed by atoms with Crippen molar-refractivity contribution in [1.82, 2.24) is 20.1 Å². The Hall–Kier alpha value is -4.46. The first kappa shape index (κ1) is 19.8. The highest BCUT2D eigenvalue weighted by Gasteiger charge is 2.10. The first-order valence-electron chi connectivity index (χ1n) is 9.50. The number of benzene rings is 2. The van der Waals surface area contributed by atoms with Crippen LogP contribution in [0.2, 0.25) is 0 Å². The minimum atomic E-state index is -0.495. The van der Waals surface area contributed by atoms with Gasteiger partial charge in [0.05, 0.1) is 0 Å². The molecule has 0 aliphatic rings. The molecule has 0 saturated carbocycles. The Morgan fingerprint density at radius 2 is 1.58 bits per heavy atom. The van der Waals surface area contributed by atoms with E-state index < -0.39 is 5.91 Å². The lowest BCUT2D eigenvalue weighted by molar-refractivity contribution is 0.0949.